The van der Waals surface area contributed by atoms with Crippen LogP contribution in [0.15, 0.2) is 36.5 Å². The SMILES string of the molecule is Cc1cc(CNC(=O)[C@H]2OCC(=O)N[C@@H]2c2ccccc2Cl)cnc1C. The van der Waals surface area contributed by atoms with Gasteiger partial charge in [-0.1, -0.05) is 35.9 Å². The van der Waals surface area contributed by atoms with Gasteiger partial charge in [0.05, 0.1) is 6.04 Å². The Hall–Kier alpha value is -2.44. The lowest BCUT2D eigenvalue weighted by Crippen LogP contribution is -2.52. The maximum Gasteiger partial charge on any atom is 0.251 e. The second kappa shape index (κ2) is 7.85. The van der Waals surface area contributed by atoms with E-state index >= 15 is 0 Å². The molecule has 0 aliphatic carbocycles. The first-order valence-electron chi connectivity index (χ1n) is 8.31. The van der Waals surface area contributed by atoms with Gasteiger partial charge in [-0.3, -0.25) is 14.6 Å². The van der Waals surface area contributed by atoms with E-state index in [9.17, 15) is 9.59 Å². The molecule has 0 radical (unpaired) electrons. The Morgan fingerprint density at radius 2 is 2.15 bits per heavy atom. The Labute approximate surface area is 156 Å². The predicted octanol–water partition coefficient (Wildman–Crippen LogP) is 2.22. The number of pyridine rings is 1. The number of ether oxygens (including phenoxy) is 1. The van der Waals surface area contributed by atoms with E-state index in [1.54, 1.807) is 30.5 Å². The van der Waals surface area contributed by atoms with Crippen LogP contribution in [0.25, 0.3) is 0 Å². The van der Waals surface area contributed by atoms with Crippen LogP contribution in [-0.2, 0) is 20.9 Å². The number of morpholine rings is 1. The number of aryl methyl sites for hydroxylation is 2. The van der Waals surface area contributed by atoms with E-state index in [1.165, 1.54) is 0 Å². The van der Waals surface area contributed by atoms with E-state index < -0.39 is 12.1 Å². The Morgan fingerprint density at radius 3 is 2.88 bits per heavy atom. The fourth-order valence-corrected chi connectivity index (χ4v) is 3.09. The van der Waals surface area contributed by atoms with Gasteiger partial charge < -0.3 is 15.4 Å². The average Bonchev–Trinajstić information content (AvgIpc) is 2.63. The smallest absolute Gasteiger partial charge is 0.251 e. The van der Waals surface area contributed by atoms with Crippen LogP contribution in [0.4, 0.5) is 0 Å². The molecule has 26 heavy (non-hydrogen) atoms. The molecule has 136 valence electrons. The highest BCUT2D eigenvalue weighted by atomic mass is 35.5. The molecule has 2 amide bonds. The molecule has 2 aromatic rings. The first-order valence-corrected chi connectivity index (χ1v) is 8.68. The van der Waals surface area contributed by atoms with E-state index in [0.29, 0.717) is 17.1 Å². The third kappa shape index (κ3) is 4.03. The van der Waals surface area contributed by atoms with Crippen molar-refractivity contribution in [3.05, 3.63) is 63.9 Å². The van der Waals surface area contributed by atoms with E-state index in [4.69, 9.17) is 16.3 Å². The summed E-state index contributed by atoms with van der Waals surface area (Å²) in [5, 5.41) is 6.12. The van der Waals surface area contributed by atoms with Gasteiger partial charge in [0.25, 0.3) is 5.91 Å². The summed E-state index contributed by atoms with van der Waals surface area (Å²) < 4.78 is 5.51. The van der Waals surface area contributed by atoms with Crippen LogP contribution in [0.1, 0.15) is 28.4 Å². The van der Waals surface area contributed by atoms with Gasteiger partial charge in [-0.15, -0.1) is 0 Å². The fraction of sp³-hybridized carbons (Fsp3) is 0.316. The highest BCUT2D eigenvalue weighted by Crippen LogP contribution is 2.28. The summed E-state index contributed by atoms with van der Waals surface area (Å²) in [7, 11) is 0. The average molecular weight is 374 g/mol. The number of halogens is 1. The molecule has 7 heteroatoms. The Morgan fingerprint density at radius 1 is 1.38 bits per heavy atom. The van der Waals surface area contributed by atoms with Crippen molar-refractivity contribution >= 4 is 23.4 Å². The first kappa shape index (κ1) is 18.4. The van der Waals surface area contributed by atoms with Gasteiger partial charge >= 0.3 is 0 Å². The van der Waals surface area contributed by atoms with E-state index in [-0.39, 0.29) is 18.4 Å². The molecular formula is C19H20ClN3O3. The van der Waals surface area contributed by atoms with Crippen molar-refractivity contribution in [3.63, 3.8) is 0 Å². The minimum Gasteiger partial charge on any atom is -0.356 e. The molecule has 1 fully saturated rings. The third-order valence-electron chi connectivity index (χ3n) is 4.38. The van der Waals surface area contributed by atoms with Crippen LogP contribution in [0.5, 0.6) is 0 Å². The zero-order valence-electron chi connectivity index (χ0n) is 14.6. The number of hydrogen-bond acceptors (Lipinski definition) is 4. The molecule has 0 unspecified atom stereocenters. The van der Waals surface area contributed by atoms with Crippen molar-refractivity contribution in [1.29, 1.82) is 0 Å². The molecule has 1 aromatic carbocycles. The number of rotatable bonds is 4. The van der Waals surface area contributed by atoms with Gasteiger partial charge in [-0.25, -0.2) is 0 Å². The molecular weight excluding hydrogens is 354 g/mol. The summed E-state index contributed by atoms with van der Waals surface area (Å²) in [5.41, 5.74) is 3.56. The summed E-state index contributed by atoms with van der Waals surface area (Å²) in [6.07, 6.45) is 0.879. The second-order valence-corrected chi connectivity index (χ2v) is 6.67. The normalized spacial score (nSPS) is 19.7. The van der Waals surface area contributed by atoms with Crippen LogP contribution in [0.3, 0.4) is 0 Å². The number of hydrogen-bond donors (Lipinski definition) is 2. The van der Waals surface area contributed by atoms with E-state index in [1.807, 2.05) is 19.9 Å². The molecule has 1 aromatic heterocycles. The number of amides is 2. The Bertz CT molecular complexity index is 841. The zero-order valence-corrected chi connectivity index (χ0v) is 15.3. The summed E-state index contributed by atoms with van der Waals surface area (Å²) >= 11 is 6.23. The van der Waals surface area contributed by atoms with Crippen molar-refractivity contribution in [2.24, 2.45) is 0 Å². The predicted molar refractivity (Wildman–Crippen MR) is 97.6 cm³/mol. The molecule has 0 spiro atoms. The molecule has 2 heterocycles. The number of nitrogens with zero attached hydrogens (tertiary/aromatic N) is 1. The standard InChI is InChI=1S/C19H20ClN3O3/c1-11-7-13(8-21-12(11)2)9-22-19(25)18-17(23-16(24)10-26-18)14-5-3-4-6-15(14)20/h3-8,17-18H,9-10H2,1-2H3,(H,22,25)(H,23,24)/t17-,18+/m1/s1. The molecule has 0 saturated carbocycles. The maximum atomic E-state index is 12.7. The van der Waals surface area contributed by atoms with Gasteiger partial charge in [0.2, 0.25) is 5.91 Å². The summed E-state index contributed by atoms with van der Waals surface area (Å²) in [6.45, 7) is 4.07. The van der Waals surface area contributed by atoms with Crippen LogP contribution >= 0.6 is 11.6 Å². The maximum absolute atomic E-state index is 12.7. The van der Waals surface area contributed by atoms with Crippen molar-refractivity contribution in [1.82, 2.24) is 15.6 Å². The Balaban J connectivity index is 1.74. The highest BCUT2D eigenvalue weighted by Gasteiger charge is 2.36. The summed E-state index contributed by atoms with van der Waals surface area (Å²) in [6, 6.07) is 8.43. The molecule has 1 saturated heterocycles. The van der Waals surface area contributed by atoms with E-state index in [0.717, 1.165) is 16.8 Å². The van der Waals surface area contributed by atoms with Crippen molar-refractivity contribution in [3.8, 4) is 0 Å². The van der Waals surface area contributed by atoms with Crippen LogP contribution in [-0.4, -0.2) is 29.5 Å². The second-order valence-electron chi connectivity index (χ2n) is 6.26. The van der Waals surface area contributed by atoms with Crippen LogP contribution in [0, 0.1) is 13.8 Å². The lowest BCUT2D eigenvalue weighted by atomic mass is 9.99. The van der Waals surface area contributed by atoms with Crippen LogP contribution < -0.4 is 10.6 Å². The first-order chi connectivity index (χ1) is 12.5. The molecule has 3 rings (SSSR count). The minimum atomic E-state index is -0.855. The molecule has 6 nitrogen and oxygen atoms in total. The minimum absolute atomic E-state index is 0.162. The summed E-state index contributed by atoms with van der Waals surface area (Å²) in [4.78, 5) is 28.7. The van der Waals surface area contributed by atoms with Gasteiger partial charge in [0, 0.05) is 23.5 Å². The molecule has 1 aliphatic rings. The largest absolute Gasteiger partial charge is 0.356 e. The van der Waals surface area contributed by atoms with Gasteiger partial charge in [0.15, 0.2) is 6.10 Å². The fourth-order valence-electron chi connectivity index (χ4n) is 2.84. The number of carbonyl (C=O) groups is 2. The number of carbonyl (C=O) groups excluding carboxylic acids is 2. The van der Waals surface area contributed by atoms with Gasteiger partial charge in [0.1, 0.15) is 6.61 Å². The van der Waals surface area contributed by atoms with Crippen molar-refractivity contribution in [2.45, 2.75) is 32.5 Å². The Kier molecular flexibility index (Phi) is 5.54. The lowest BCUT2D eigenvalue weighted by Gasteiger charge is -2.32. The topological polar surface area (TPSA) is 80.3 Å². The third-order valence-corrected chi connectivity index (χ3v) is 4.72. The van der Waals surface area contributed by atoms with Crippen LogP contribution in [0.2, 0.25) is 5.02 Å². The molecule has 2 atom stereocenters. The van der Waals surface area contributed by atoms with Gasteiger partial charge in [-0.05, 0) is 36.6 Å². The number of benzene rings is 1. The molecule has 1 aliphatic heterocycles. The quantitative estimate of drug-likeness (QED) is 0.861. The van der Waals surface area contributed by atoms with E-state index in [2.05, 4.69) is 15.6 Å². The zero-order chi connectivity index (χ0) is 18.7. The van der Waals surface area contributed by atoms with Crippen molar-refractivity contribution in [2.75, 3.05) is 6.61 Å². The molecule has 0 bridgehead atoms. The number of aromatic nitrogens is 1. The molecule has 2 N–H and O–H groups in total. The lowest BCUT2D eigenvalue weighted by molar-refractivity contribution is -0.148. The highest BCUT2D eigenvalue weighted by molar-refractivity contribution is 6.31. The van der Waals surface area contributed by atoms with Crippen molar-refractivity contribution < 1.29 is 14.3 Å². The van der Waals surface area contributed by atoms with Gasteiger partial charge in [-0.2, -0.15) is 0 Å². The monoisotopic (exact) mass is 373 g/mol. The number of nitrogens with one attached hydrogen (secondary N) is 2. The summed E-state index contributed by atoms with van der Waals surface area (Å²) in [5.74, 6) is -0.592.